The molecule has 4 rings (SSSR count). The minimum absolute atomic E-state index is 0.0612. The summed E-state index contributed by atoms with van der Waals surface area (Å²) in [5.41, 5.74) is 4.87. The van der Waals surface area contributed by atoms with Crippen LogP contribution < -0.4 is 0 Å². The fourth-order valence-corrected chi connectivity index (χ4v) is 6.08. The van der Waals surface area contributed by atoms with Gasteiger partial charge in [-0.05, 0) is 57.1 Å². The van der Waals surface area contributed by atoms with E-state index in [0.29, 0.717) is 31.0 Å². The number of amides is 1. The Morgan fingerprint density at radius 3 is 2.74 bits per heavy atom. The Bertz CT molecular complexity index is 1230. The Hall–Kier alpha value is -3.33. The Balaban J connectivity index is 1.64. The van der Waals surface area contributed by atoms with Gasteiger partial charge in [-0.3, -0.25) is 9.59 Å². The van der Waals surface area contributed by atoms with Crippen LogP contribution in [0.5, 0.6) is 0 Å². The molecule has 1 saturated heterocycles. The van der Waals surface area contributed by atoms with Crippen molar-refractivity contribution >= 4 is 34.8 Å². The molecular weight excluding hydrogens is 502 g/mol. The molecule has 9 heteroatoms. The zero-order valence-corrected chi connectivity index (χ0v) is 23.3. The number of rotatable bonds is 8. The maximum absolute atomic E-state index is 13.5. The molecule has 8 nitrogen and oxygen atoms in total. The molecule has 1 aromatic rings. The number of thioether (sulfide) groups is 1. The van der Waals surface area contributed by atoms with Crippen molar-refractivity contribution in [3.8, 4) is 0 Å². The van der Waals surface area contributed by atoms with Gasteiger partial charge in [-0.15, -0.1) is 0 Å². The van der Waals surface area contributed by atoms with Gasteiger partial charge in [0, 0.05) is 18.8 Å². The Morgan fingerprint density at radius 2 is 2.00 bits per heavy atom. The zero-order valence-electron chi connectivity index (χ0n) is 22.5. The third-order valence-corrected chi connectivity index (χ3v) is 7.90. The number of benzene rings is 1. The van der Waals surface area contributed by atoms with Crippen LogP contribution in [0.4, 0.5) is 0 Å². The first-order valence-electron chi connectivity index (χ1n) is 13.0. The molecule has 3 aliphatic heterocycles. The number of hydrogen-bond acceptors (Lipinski definition) is 8. The number of carbonyl (C=O) groups excluding carboxylic acids is 3. The summed E-state index contributed by atoms with van der Waals surface area (Å²) in [6, 6.07) is 5.67. The fourth-order valence-electron chi connectivity index (χ4n) is 5.11. The number of aliphatic imine (C=N–C) groups is 1. The maximum Gasteiger partial charge on any atom is 0.338 e. The monoisotopic (exact) mass is 537 g/mol. The first kappa shape index (κ1) is 27.7. The van der Waals surface area contributed by atoms with Gasteiger partial charge in [-0.25, -0.2) is 9.79 Å². The standard InChI is InChI=1S/C29H35N3O5S/c1-6-13-37-28(35)25-20(5)30-29-32(26(25)23-14-18(3)10-11-19(23)4)22(17-38-29)15-24(33)31-12-8-9-21(16-31)27(34)36-7-2/h6,10-11,14,17,21,26H,1,7-9,12-13,15-16H2,2-5H3/t21-,26+/m0/s1. The number of fused-ring (bicyclic) bond motifs is 1. The highest BCUT2D eigenvalue weighted by Gasteiger charge is 2.42. The quantitative estimate of drug-likeness (QED) is 0.348. The number of hydrogen-bond donors (Lipinski definition) is 0. The van der Waals surface area contributed by atoms with Crippen molar-refractivity contribution in [1.82, 2.24) is 9.80 Å². The lowest BCUT2D eigenvalue weighted by Gasteiger charge is -2.38. The summed E-state index contributed by atoms with van der Waals surface area (Å²) in [5, 5.41) is 2.66. The first-order valence-corrected chi connectivity index (χ1v) is 13.9. The lowest BCUT2D eigenvalue weighted by atomic mass is 9.90. The summed E-state index contributed by atoms with van der Waals surface area (Å²) >= 11 is 1.45. The van der Waals surface area contributed by atoms with E-state index in [-0.39, 0.29) is 30.8 Å². The second-order valence-electron chi connectivity index (χ2n) is 9.75. The van der Waals surface area contributed by atoms with Crippen molar-refractivity contribution in [1.29, 1.82) is 0 Å². The molecule has 0 radical (unpaired) electrons. The highest BCUT2D eigenvalue weighted by molar-refractivity contribution is 8.16. The number of ether oxygens (including phenoxy) is 2. The van der Waals surface area contributed by atoms with E-state index < -0.39 is 12.0 Å². The van der Waals surface area contributed by atoms with Crippen molar-refractivity contribution in [3.63, 3.8) is 0 Å². The van der Waals surface area contributed by atoms with Gasteiger partial charge in [0.1, 0.15) is 6.61 Å². The molecule has 0 bridgehead atoms. The lowest BCUT2D eigenvalue weighted by Crippen LogP contribution is -2.44. The zero-order chi connectivity index (χ0) is 27.4. The van der Waals surface area contributed by atoms with E-state index in [9.17, 15) is 14.4 Å². The summed E-state index contributed by atoms with van der Waals surface area (Å²) in [6.45, 7) is 12.7. The molecule has 2 atom stereocenters. The molecule has 3 aliphatic rings. The number of amidine groups is 1. The average Bonchev–Trinajstić information content (AvgIpc) is 3.29. The van der Waals surface area contributed by atoms with E-state index >= 15 is 0 Å². The molecule has 3 heterocycles. The number of nitrogens with zero attached hydrogens (tertiary/aromatic N) is 3. The Kier molecular flexibility index (Phi) is 8.76. The van der Waals surface area contributed by atoms with Gasteiger partial charge in [-0.2, -0.15) is 0 Å². The lowest BCUT2D eigenvalue weighted by molar-refractivity contribution is -0.151. The molecule has 0 unspecified atom stereocenters. The van der Waals surface area contributed by atoms with Crippen LogP contribution in [-0.2, 0) is 23.9 Å². The van der Waals surface area contributed by atoms with E-state index in [0.717, 1.165) is 40.4 Å². The third-order valence-electron chi connectivity index (χ3n) is 7.01. The summed E-state index contributed by atoms with van der Waals surface area (Å²) < 4.78 is 10.7. The van der Waals surface area contributed by atoms with Gasteiger partial charge in [-0.1, -0.05) is 48.2 Å². The minimum atomic E-state index is -0.484. The Morgan fingerprint density at radius 1 is 1.21 bits per heavy atom. The van der Waals surface area contributed by atoms with Gasteiger partial charge in [0.25, 0.3) is 0 Å². The second kappa shape index (κ2) is 12.0. The molecule has 1 fully saturated rings. The van der Waals surface area contributed by atoms with E-state index in [1.807, 2.05) is 43.2 Å². The van der Waals surface area contributed by atoms with E-state index in [1.165, 1.54) is 17.8 Å². The SMILES string of the molecule is C=CCOC(=O)C1=C(C)N=C2SC=C(CC(=O)N3CCC[C@H](C(=O)OCC)C3)N2[C@@H]1c1cc(C)ccc1C. The number of piperidine rings is 1. The van der Waals surface area contributed by atoms with Crippen LogP contribution >= 0.6 is 11.8 Å². The van der Waals surface area contributed by atoms with E-state index in [2.05, 4.69) is 12.6 Å². The average molecular weight is 538 g/mol. The number of likely N-dealkylation sites (tertiary alicyclic amines) is 1. The van der Waals surface area contributed by atoms with Gasteiger partial charge in [0.05, 0.1) is 36.3 Å². The predicted molar refractivity (Wildman–Crippen MR) is 148 cm³/mol. The topological polar surface area (TPSA) is 88.5 Å². The molecule has 202 valence electrons. The van der Waals surface area contributed by atoms with Gasteiger partial charge >= 0.3 is 11.9 Å². The predicted octanol–water partition coefficient (Wildman–Crippen LogP) is 4.80. The highest BCUT2D eigenvalue weighted by Crippen LogP contribution is 2.46. The molecule has 0 spiro atoms. The second-order valence-corrected chi connectivity index (χ2v) is 10.6. The van der Waals surface area contributed by atoms with Crippen LogP contribution in [0.25, 0.3) is 0 Å². The molecular formula is C29H35N3O5S. The smallest absolute Gasteiger partial charge is 0.338 e. The van der Waals surface area contributed by atoms with Crippen molar-refractivity contribution in [2.24, 2.45) is 10.9 Å². The van der Waals surface area contributed by atoms with Crippen LogP contribution in [0.3, 0.4) is 0 Å². The van der Waals surface area contributed by atoms with Gasteiger partial charge in [0.2, 0.25) is 5.91 Å². The van der Waals surface area contributed by atoms with Crippen molar-refractivity contribution in [2.75, 3.05) is 26.3 Å². The van der Waals surface area contributed by atoms with Gasteiger partial charge in [0.15, 0.2) is 5.17 Å². The molecule has 0 saturated carbocycles. The van der Waals surface area contributed by atoms with Crippen molar-refractivity contribution in [3.05, 3.63) is 69.9 Å². The summed E-state index contributed by atoms with van der Waals surface area (Å²) in [6.07, 6.45) is 3.15. The molecule has 1 amide bonds. The summed E-state index contributed by atoms with van der Waals surface area (Å²) in [5.74, 6) is -1.06. The van der Waals surface area contributed by atoms with E-state index in [4.69, 9.17) is 14.5 Å². The van der Waals surface area contributed by atoms with Crippen LogP contribution in [0.1, 0.15) is 55.8 Å². The first-order chi connectivity index (χ1) is 18.2. The van der Waals surface area contributed by atoms with Crippen LogP contribution in [0.2, 0.25) is 0 Å². The number of esters is 2. The van der Waals surface area contributed by atoms with Crippen LogP contribution in [-0.4, -0.2) is 59.1 Å². The fraction of sp³-hybridized carbons (Fsp3) is 0.448. The molecule has 0 N–H and O–H groups in total. The van der Waals surface area contributed by atoms with E-state index in [1.54, 1.807) is 11.8 Å². The highest BCUT2D eigenvalue weighted by atomic mass is 32.2. The minimum Gasteiger partial charge on any atom is -0.466 e. The summed E-state index contributed by atoms with van der Waals surface area (Å²) in [4.78, 5) is 47.6. The molecule has 0 aromatic heterocycles. The van der Waals surface area contributed by atoms with Crippen LogP contribution in [0, 0.1) is 19.8 Å². The third kappa shape index (κ3) is 5.72. The summed E-state index contributed by atoms with van der Waals surface area (Å²) in [7, 11) is 0. The normalized spacial score (nSPS) is 20.9. The largest absolute Gasteiger partial charge is 0.466 e. The molecule has 1 aromatic carbocycles. The maximum atomic E-state index is 13.5. The molecule has 38 heavy (non-hydrogen) atoms. The van der Waals surface area contributed by atoms with Crippen molar-refractivity contribution in [2.45, 2.75) is 53.0 Å². The van der Waals surface area contributed by atoms with Gasteiger partial charge < -0.3 is 19.3 Å². The van der Waals surface area contributed by atoms with Crippen molar-refractivity contribution < 1.29 is 23.9 Å². The molecule has 0 aliphatic carbocycles. The number of carbonyl (C=O) groups is 3. The van der Waals surface area contributed by atoms with Crippen LogP contribution in [0.15, 0.2) is 58.2 Å². The Labute approximate surface area is 228 Å². The number of allylic oxidation sites excluding steroid dienone is 1. The number of aryl methyl sites for hydroxylation is 2.